The molecule has 0 aliphatic rings. The number of ether oxygens (including phenoxy) is 1. The first-order valence-corrected chi connectivity index (χ1v) is 6.60. The van der Waals surface area contributed by atoms with Gasteiger partial charge in [0.05, 0.1) is 18.7 Å². The van der Waals surface area contributed by atoms with Crippen LogP contribution >= 0.6 is 0 Å². The fourth-order valence-electron chi connectivity index (χ4n) is 1.80. The van der Waals surface area contributed by atoms with Crippen LogP contribution in [0, 0.1) is 18.8 Å². The Bertz CT molecular complexity index is 608. The van der Waals surface area contributed by atoms with E-state index in [2.05, 4.69) is 16.8 Å². The van der Waals surface area contributed by atoms with Crippen LogP contribution in [-0.2, 0) is 6.54 Å². The Morgan fingerprint density at radius 3 is 2.95 bits per heavy atom. The van der Waals surface area contributed by atoms with E-state index >= 15 is 0 Å². The number of aryl methyl sites for hydroxylation is 1. The zero-order valence-electron chi connectivity index (χ0n) is 11.5. The molecule has 0 unspecified atom stereocenters. The highest BCUT2D eigenvalue weighted by Gasteiger charge is 2.01. The lowest BCUT2D eigenvalue weighted by Gasteiger charge is -2.09. The van der Waals surface area contributed by atoms with E-state index in [1.54, 1.807) is 6.20 Å². The summed E-state index contributed by atoms with van der Waals surface area (Å²) < 4.78 is 7.82. The molecule has 0 atom stereocenters. The van der Waals surface area contributed by atoms with Gasteiger partial charge in [-0.2, -0.15) is 0 Å². The highest BCUT2D eigenvalue weighted by molar-refractivity contribution is 5.45. The number of aliphatic hydroxyl groups is 1. The number of aliphatic hydroxyl groups excluding tert-OH is 1. The molecule has 20 heavy (non-hydrogen) atoms. The average Bonchev–Trinajstić information content (AvgIpc) is 2.86. The number of imidazole rings is 1. The van der Waals surface area contributed by atoms with E-state index in [-0.39, 0.29) is 6.61 Å². The molecule has 0 saturated carbocycles. The molecule has 2 rings (SSSR count). The van der Waals surface area contributed by atoms with E-state index in [0.717, 1.165) is 23.7 Å². The van der Waals surface area contributed by atoms with E-state index in [9.17, 15) is 0 Å². The van der Waals surface area contributed by atoms with Gasteiger partial charge in [0.2, 0.25) is 0 Å². The SMILES string of the molecule is Cc1nccn1CCOc1ccccc1C#CCCO. The van der Waals surface area contributed by atoms with Crippen molar-refractivity contribution in [1.82, 2.24) is 9.55 Å². The number of hydrogen-bond donors (Lipinski definition) is 1. The first-order chi connectivity index (χ1) is 9.81. The Hall–Kier alpha value is -2.25. The van der Waals surface area contributed by atoms with Crippen molar-refractivity contribution in [2.45, 2.75) is 19.9 Å². The zero-order valence-corrected chi connectivity index (χ0v) is 11.5. The second kappa shape index (κ2) is 7.37. The van der Waals surface area contributed by atoms with Crippen LogP contribution in [0.3, 0.4) is 0 Å². The van der Waals surface area contributed by atoms with Crippen LogP contribution in [0.5, 0.6) is 5.75 Å². The molecule has 1 aromatic carbocycles. The molecule has 0 spiro atoms. The largest absolute Gasteiger partial charge is 0.490 e. The molecule has 0 saturated heterocycles. The number of aromatic nitrogens is 2. The molecule has 4 heteroatoms. The minimum absolute atomic E-state index is 0.0793. The Kier molecular flexibility index (Phi) is 5.22. The minimum Gasteiger partial charge on any atom is -0.490 e. The number of benzene rings is 1. The second-order valence-corrected chi connectivity index (χ2v) is 4.29. The van der Waals surface area contributed by atoms with Gasteiger partial charge in [-0.25, -0.2) is 4.98 Å². The Balaban J connectivity index is 1.96. The molecule has 0 amide bonds. The standard InChI is InChI=1S/C16H18N2O2/c1-14-17-9-10-18(14)11-13-20-16-8-3-2-6-15(16)7-4-5-12-19/h2-3,6,8-10,19H,5,11-13H2,1H3. The summed E-state index contributed by atoms with van der Waals surface area (Å²) in [5, 5.41) is 8.74. The topological polar surface area (TPSA) is 47.3 Å². The van der Waals surface area contributed by atoms with Crippen LogP contribution in [-0.4, -0.2) is 27.9 Å². The quantitative estimate of drug-likeness (QED) is 0.845. The van der Waals surface area contributed by atoms with Crippen LogP contribution in [0.25, 0.3) is 0 Å². The monoisotopic (exact) mass is 270 g/mol. The van der Waals surface area contributed by atoms with Crippen molar-refractivity contribution in [2.75, 3.05) is 13.2 Å². The fourth-order valence-corrected chi connectivity index (χ4v) is 1.80. The number of para-hydroxylation sites is 1. The first kappa shape index (κ1) is 14.2. The molecule has 0 radical (unpaired) electrons. The second-order valence-electron chi connectivity index (χ2n) is 4.29. The molecule has 2 aromatic rings. The molecular formula is C16H18N2O2. The molecule has 104 valence electrons. The van der Waals surface area contributed by atoms with Crippen molar-refractivity contribution in [3.05, 3.63) is 48.0 Å². The summed E-state index contributed by atoms with van der Waals surface area (Å²) in [4.78, 5) is 4.17. The lowest BCUT2D eigenvalue weighted by molar-refractivity contribution is 0.296. The van der Waals surface area contributed by atoms with Crippen molar-refractivity contribution >= 4 is 0 Å². The van der Waals surface area contributed by atoms with Crippen LogP contribution in [0.4, 0.5) is 0 Å². The smallest absolute Gasteiger partial charge is 0.135 e. The van der Waals surface area contributed by atoms with Crippen LogP contribution in [0.15, 0.2) is 36.7 Å². The summed E-state index contributed by atoms with van der Waals surface area (Å²) in [5.41, 5.74) is 0.850. The van der Waals surface area contributed by atoms with Crippen LogP contribution in [0.2, 0.25) is 0 Å². The third kappa shape index (κ3) is 3.87. The van der Waals surface area contributed by atoms with E-state index in [4.69, 9.17) is 9.84 Å². The summed E-state index contributed by atoms with van der Waals surface area (Å²) in [7, 11) is 0. The molecule has 4 nitrogen and oxygen atoms in total. The molecule has 0 aliphatic carbocycles. The van der Waals surface area contributed by atoms with Crippen molar-refractivity contribution in [3.63, 3.8) is 0 Å². The summed E-state index contributed by atoms with van der Waals surface area (Å²) in [6, 6.07) is 7.68. The van der Waals surface area contributed by atoms with Crippen molar-refractivity contribution < 1.29 is 9.84 Å². The third-order valence-corrected chi connectivity index (χ3v) is 2.86. The molecule has 1 N–H and O–H groups in total. The first-order valence-electron chi connectivity index (χ1n) is 6.60. The number of hydrogen-bond acceptors (Lipinski definition) is 3. The normalized spacial score (nSPS) is 9.90. The van der Waals surface area contributed by atoms with Crippen molar-refractivity contribution in [1.29, 1.82) is 0 Å². The summed E-state index contributed by atoms with van der Waals surface area (Å²) in [6.45, 7) is 3.37. The van der Waals surface area contributed by atoms with Gasteiger partial charge in [0.25, 0.3) is 0 Å². The summed E-state index contributed by atoms with van der Waals surface area (Å²) >= 11 is 0. The third-order valence-electron chi connectivity index (χ3n) is 2.86. The van der Waals surface area contributed by atoms with Gasteiger partial charge < -0.3 is 14.4 Å². The van der Waals surface area contributed by atoms with Gasteiger partial charge in [-0.3, -0.25) is 0 Å². The number of rotatable bonds is 5. The molecule has 0 fully saturated rings. The summed E-state index contributed by atoms with van der Waals surface area (Å²) in [6.07, 6.45) is 4.19. The van der Waals surface area contributed by atoms with Crippen LogP contribution < -0.4 is 4.74 Å². The van der Waals surface area contributed by atoms with Gasteiger partial charge in [0.15, 0.2) is 0 Å². The predicted molar refractivity (Wildman–Crippen MR) is 77.5 cm³/mol. The molecule has 0 aliphatic heterocycles. The zero-order chi connectivity index (χ0) is 14.2. The average molecular weight is 270 g/mol. The van der Waals surface area contributed by atoms with Gasteiger partial charge in [0, 0.05) is 18.8 Å². The van der Waals surface area contributed by atoms with Crippen LogP contribution in [0.1, 0.15) is 17.8 Å². The lowest BCUT2D eigenvalue weighted by Crippen LogP contribution is -2.09. The molecule has 1 heterocycles. The van der Waals surface area contributed by atoms with Gasteiger partial charge in [-0.15, -0.1) is 0 Å². The molecular weight excluding hydrogens is 252 g/mol. The van der Waals surface area contributed by atoms with Gasteiger partial charge in [-0.05, 0) is 19.1 Å². The highest BCUT2D eigenvalue weighted by atomic mass is 16.5. The molecule has 0 bridgehead atoms. The maximum Gasteiger partial charge on any atom is 0.135 e. The molecule has 1 aromatic heterocycles. The van der Waals surface area contributed by atoms with E-state index in [1.165, 1.54) is 0 Å². The Labute approximate surface area is 119 Å². The van der Waals surface area contributed by atoms with E-state index in [1.807, 2.05) is 42.0 Å². The summed E-state index contributed by atoms with van der Waals surface area (Å²) in [5.74, 6) is 7.68. The van der Waals surface area contributed by atoms with E-state index < -0.39 is 0 Å². The maximum absolute atomic E-state index is 8.74. The van der Waals surface area contributed by atoms with Gasteiger partial charge >= 0.3 is 0 Å². The van der Waals surface area contributed by atoms with Crippen molar-refractivity contribution in [2.24, 2.45) is 0 Å². The van der Waals surface area contributed by atoms with Gasteiger partial charge in [0.1, 0.15) is 18.2 Å². The lowest BCUT2D eigenvalue weighted by atomic mass is 10.2. The number of nitrogens with zero attached hydrogens (tertiary/aromatic N) is 2. The van der Waals surface area contributed by atoms with Crippen molar-refractivity contribution in [3.8, 4) is 17.6 Å². The van der Waals surface area contributed by atoms with E-state index in [0.29, 0.717) is 13.0 Å². The predicted octanol–water partition coefficient (Wildman–Crippen LogP) is 2.00. The highest BCUT2D eigenvalue weighted by Crippen LogP contribution is 2.16. The Morgan fingerprint density at radius 2 is 2.20 bits per heavy atom. The fraction of sp³-hybridized carbons (Fsp3) is 0.312. The minimum atomic E-state index is 0.0793. The van der Waals surface area contributed by atoms with Gasteiger partial charge in [-0.1, -0.05) is 24.0 Å². The Morgan fingerprint density at radius 1 is 1.35 bits per heavy atom. The maximum atomic E-state index is 8.74.